The molecule has 1 aliphatic heterocycles. The zero-order valence-corrected chi connectivity index (χ0v) is 14.8. The van der Waals surface area contributed by atoms with Crippen molar-refractivity contribution in [2.45, 2.75) is 38.6 Å². The third-order valence-electron chi connectivity index (χ3n) is 3.76. The van der Waals surface area contributed by atoms with Gasteiger partial charge in [0, 0.05) is 5.38 Å². The maximum Gasteiger partial charge on any atom is 0.279 e. The van der Waals surface area contributed by atoms with Gasteiger partial charge in [0.15, 0.2) is 10.8 Å². The molecule has 0 bridgehead atoms. The van der Waals surface area contributed by atoms with Crippen LogP contribution in [0.15, 0.2) is 11.6 Å². The van der Waals surface area contributed by atoms with Crippen LogP contribution in [-0.4, -0.2) is 39.0 Å². The van der Waals surface area contributed by atoms with Gasteiger partial charge >= 0.3 is 0 Å². The van der Waals surface area contributed by atoms with E-state index in [2.05, 4.69) is 39.8 Å². The van der Waals surface area contributed by atoms with E-state index in [1.165, 1.54) is 11.3 Å². The first-order valence-electron chi connectivity index (χ1n) is 7.53. The number of nitrogens with one attached hydrogen (secondary N) is 2. The van der Waals surface area contributed by atoms with Crippen LogP contribution >= 0.6 is 23.7 Å². The molecule has 3 heterocycles. The summed E-state index contributed by atoms with van der Waals surface area (Å²) in [4.78, 5) is 16.6. The van der Waals surface area contributed by atoms with Crippen molar-refractivity contribution >= 4 is 34.8 Å². The normalized spacial score (nSPS) is 15.4. The molecule has 1 saturated heterocycles. The van der Waals surface area contributed by atoms with Gasteiger partial charge in [0.25, 0.3) is 5.91 Å². The Hall–Kier alpha value is -1.51. The molecule has 9 heteroatoms. The van der Waals surface area contributed by atoms with E-state index in [9.17, 15) is 4.79 Å². The number of hydrogen-bond acceptors (Lipinski definition) is 6. The van der Waals surface area contributed by atoms with E-state index >= 15 is 0 Å². The summed E-state index contributed by atoms with van der Waals surface area (Å²) in [6.07, 6.45) is 3.74. The first kappa shape index (κ1) is 17.8. The van der Waals surface area contributed by atoms with Crippen LogP contribution in [0.25, 0.3) is 0 Å². The van der Waals surface area contributed by atoms with Crippen LogP contribution in [-0.2, 0) is 0 Å². The van der Waals surface area contributed by atoms with Crippen molar-refractivity contribution in [3.8, 4) is 0 Å². The summed E-state index contributed by atoms with van der Waals surface area (Å²) in [7, 11) is 0. The van der Waals surface area contributed by atoms with Crippen LogP contribution in [0.1, 0.15) is 54.8 Å². The molecule has 2 aromatic rings. The average Bonchev–Trinajstić information content (AvgIpc) is 3.17. The molecule has 0 aliphatic carbocycles. The second-order valence-electron chi connectivity index (χ2n) is 5.75. The van der Waals surface area contributed by atoms with E-state index in [0.29, 0.717) is 22.8 Å². The second-order valence-corrected chi connectivity index (χ2v) is 6.61. The van der Waals surface area contributed by atoms with Crippen molar-refractivity contribution in [3.05, 3.63) is 23.0 Å². The Morgan fingerprint density at radius 3 is 2.83 bits per heavy atom. The molecular formula is C14H21ClN6OS. The summed E-state index contributed by atoms with van der Waals surface area (Å²) in [5.41, 5.74) is 1.32. The predicted molar refractivity (Wildman–Crippen MR) is 92.6 cm³/mol. The van der Waals surface area contributed by atoms with E-state index in [0.717, 1.165) is 31.6 Å². The van der Waals surface area contributed by atoms with Crippen molar-refractivity contribution in [1.29, 1.82) is 0 Å². The van der Waals surface area contributed by atoms with Gasteiger partial charge < -0.3 is 5.32 Å². The third kappa shape index (κ3) is 4.27. The number of hydrogen-bond donors (Lipinski definition) is 2. The summed E-state index contributed by atoms with van der Waals surface area (Å²) in [5.74, 6) is 0.0903. The monoisotopic (exact) mass is 356 g/mol. The van der Waals surface area contributed by atoms with E-state index in [1.54, 1.807) is 10.9 Å². The van der Waals surface area contributed by atoms with Crippen molar-refractivity contribution in [2.75, 3.05) is 18.4 Å². The first-order valence-corrected chi connectivity index (χ1v) is 8.41. The van der Waals surface area contributed by atoms with Crippen LogP contribution in [0.4, 0.5) is 5.13 Å². The molecule has 1 aliphatic rings. The minimum absolute atomic E-state index is 0. The molecule has 2 N–H and O–H groups in total. The topological polar surface area (TPSA) is 84.7 Å². The highest BCUT2D eigenvalue weighted by Gasteiger charge is 2.19. The van der Waals surface area contributed by atoms with Gasteiger partial charge in [0.1, 0.15) is 0 Å². The van der Waals surface area contributed by atoms with Gasteiger partial charge in [-0.3, -0.25) is 10.1 Å². The largest absolute Gasteiger partial charge is 0.317 e. The van der Waals surface area contributed by atoms with Gasteiger partial charge in [-0.25, -0.2) is 9.67 Å². The Labute approximate surface area is 145 Å². The van der Waals surface area contributed by atoms with Crippen LogP contribution < -0.4 is 10.6 Å². The van der Waals surface area contributed by atoms with E-state index in [4.69, 9.17) is 0 Å². The molecule has 0 aromatic carbocycles. The molecule has 1 fully saturated rings. The van der Waals surface area contributed by atoms with Gasteiger partial charge in [0.2, 0.25) is 0 Å². The van der Waals surface area contributed by atoms with Crippen molar-refractivity contribution < 1.29 is 4.79 Å². The van der Waals surface area contributed by atoms with Crippen LogP contribution in [0.3, 0.4) is 0 Å². The summed E-state index contributed by atoms with van der Waals surface area (Å²) >= 11 is 1.43. The molecule has 23 heavy (non-hydrogen) atoms. The van der Waals surface area contributed by atoms with Crippen LogP contribution in [0.5, 0.6) is 0 Å². The van der Waals surface area contributed by atoms with Crippen LogP contribution in [0, 0.1) is 0 Å². The molecular weight excluding hydrogens is 336 g/mol. The van der Waals surface area contributed by atoms with Crippen molar-refractivity contribution in [3.63, 3.8) is 0 Å². The molecule has 0 radical (unpaired) electrons. The number of halogens is 1. The highest BCUT2D eigenvalue weighted by Crippen LogP contribution is 2.22. The molecule has 1 amide bonds. The highest BCUT2D eigenvalue weighted by atomic mass is 35.5. The molecule has 126 valence electrons. The number of nitrogens with zero attached hydrogens (tertiary/aromatic N) is 4. The van der Waals surface area contributed by atoms with Crippen molar-refractivity contribution in [2.24, 2.45) is 0 Å². The van der Waals surface area contributed by atoms with Crippen LogP contribution in [0.2, 0.25) is 0 Å². The quantitative estimate of drug-likeness (QED) is 0.879. The Morgan fingerprint density at radius 2 is 2.17 bits per heavy atom. The van der Waals surface area contributed by atoms with Gasteiger partial charge in [-0.05, 0) is 31.8 Å². The maximum atomic E-state index is 12.2. The molecule has 2 aromatic heterocycles. The summed E-state index contributed by atoms with van der Waals surface area (Å²) in [6, 6.07) is 0.322. The second kappa shape index (κ2) is 7.85. The Bertz CT molecular complexity index is 649. The number of amides is 1. The summed E-state index contributed by atoms with van der Waals surface area (Å²) in [6.45, 7) is 6.10. The Kier molecular flexibility index (Phi) is 6.09. The smallest absolute Gasteiger partial charge is 0.279 e. The minimum Gasteiger partial charge on any atom is -0.317 e. The third-order valence-corrected chi connectivity index (χ3v) is 4.54. The fourth-order valence-electron chi connectivity index (χ4n) is 2.40. The number of piperidine rings is 1. The Balaban J connectivity index is 0.00000192. The number of anilines is 1. The molecule has 0 unspecified atom stereocenters. The lowest BCUT2D eigenvalue weighted by atomic mass is 10.1. The lowest BCUT2D eigenvalue weighted by Crippen LogP contribution is -2.29. The lowest BCUT2D eigenvalue weighted by Gasteiger charge is -2.21. The molecule has 3 rings (SSSR count). The number of carbonyl (C=O) groups excluding carboxylic acids is 1. The molecule has 0 spiro atoms. The summed E-state index contributed by atoms with van der Waals surface area (Å²) in [5, 5.41) is 16.8. The average molecular weight is 357 g/mol. The maximum absolute atomic E-state index is 12.2. The molecule has 0 atom stereocenters. The minimum atomic E-state index is -0.259. The van der Waals surface area contributed by atoms with E-state index in [-0.39, 0.29) is 18.3 Å². The SMILES string of the molecule is CC(C)c1csc(NC(=O)c2cn(C3CCNCC3)nn2)n1.Cl. The van der Waals surface area contributed by atoms with Gasteiger partial charge in [0.05, 0.1) is 17.9 Å². The fourth-order valence-corrected chi connectivity index (χ4v) is 3.27. The lowest BCUT2D eigenvalue weighted by molar-refractivity contribution is 0.102. The Morgan fingerprint density at radius 1 is 1.43 bits per heavy atom. The highest BCUT2D eigenvalue weighted by molar-refractivity contribution is 7.14. The van der Waals surface area contributed by atoms with Gasteiger partial charge in [-0.1, -0.05) is 19.1 Å². The van der Waals surface area contributed by atoms with Gasteiger partial charge in [-0.15, -0.1) is 28.8 Å². The number of carbonyl (C=O) groups is 1. The summed E-state index contributed by atoms with van der Waals surface area (Å²) < 4.78 is 1.80. The van der Waals surface area contributed by atoms with E-state index in [1.807, 2.05) is 5.38 Å². The first-order chi connectivity index (χ1) is 10.6. The van der Waals surface area contributed by atoms with Gasteiger partial charge in [-0.2, -0.15) is 0 Å². The number of thiazole rings is 1. The van der Waals surface area contributed by atoms with E-state index < -0.39 is 0 Å². The fraction of sp³-hybridized carbons (Fsp3) is 0.571. The zero-order chi connectivity index (χ0) is 15.5. The zero-order valence-electron chi connectivity index (χ0n) is 13.2. The predicted octanol–water partition coefficient (Wildman–Crippen LogP) is 2.46. The molecule has 7 nitrogen and oxygen atoms in total. The number of aromatic nitrogens is 4. The molecule has 0 saturated carbocycles. The standard InChI is InChI=1S/C14H20N6OS.ClH/c1-9(2)12-8-22-14(16-12)17-13(21)11-7-20(19-18-11)10-3-5-15-6-4-10;/h7-10,15H,3-6H2,1-2H3,(H,16,17,21);1H. The van der Waals surface area contributed by atoms with Crippen molar-refractivity contribution in [1.82, 2.24) is 25.3 Å². The number of rotatable bonds is 4.